The Morgan fingerprint density at radius 2 is 2.27 bits per heavy atom. The Bertz CT molecular complexity index is 577. The molecule has 2 heterocycles. The quantitative estimate of drug-likeness (QED) is 0.657. The molecule has 0 N–H and O–H groups in total. The molecule has 0 fully saturated rings. The maximum Gasteiger partial charge on any atom is 0.368 e. The number of carbonyl (C=O) groups excluding carboxylic acids is 1. The van der Waals surface area contributed by atoms with E-state index in [2.05, 4.69) is 9.98 Å². The van der Waals surface area contributed by atoms with E-state index in [1.807, 2.05) is 17.0 Å². The molecule has 5 heteroatoms. The lowest BCUT2D eigenvalue weighted by molar-refractivity contribution is 0.256. The number of ether oxygens (including phenoxy) is 1. The Kier molecular flexibility index (Phi) is 1.58. The van der Waals surface area contributed by atoms with Crippen molar-refractivity contribution >= 4 is 11.7 Å². The van der Waals surface area contributed by atoms with Gasteiger partial charge in [-0.25, -0.2) is 4.79 Å². The molecule has 0 saturated carbocycles. The minimum atomic E-state index is -0.443. The highest BCUT2D eigenvalue weighted by molar-refractivity contribution is 5.78. The summed E-state index contributed by atoms with van der Waals surface area (Å²) in [5, 5.41) is 1.25. The molecule has 0 saturated heterocycles. The number of nitrogens with zero attached hydrogens (tertiary/aromatic N) is 3. The number of hydrogen-bond acceptors (Lipinski definition) is 3. The largest absolute Gasteiger partial charge is 0.479 e. The summed E-state index contributed by atoms with van der Waals surface area (Å²) >= 11 is 0. The fourth-order valence-electron chi connectivity index (χ4n) is 1.61. The Balaban J connectivity index is 2.24. The fraction of sp³-hybridized carbons (Fsp3) is 0.100. The molecule has 3 rings (SSSR count). The summed E-state index contributed by atoms with van der Waals surface area (Å²) in [6.07, 6.45) is 3.40. The minimum Gasteiger partial charge on any atom is -0.479 e. The summed E-state index contributed by atoms with van der Waals surface area (Å²) in [6.45, 7) is 0.445. The van der Waals surface area contributed by atoms with Crippen molar-refractivity contribution in [1.82, 2.24) is 0 Å². The zero-order chi connectivity index (χ0) is 10.3. The highest BCUT2D eigenvalue weighted by Crippen LogP contribution is 2.11. The molecule has 0 bridgehead atoms. The maximum atomic E-state index is 11.1. The van der Waals surface area contributed by atoms with Crippen LogP contribution in [-0.4, -0.2) is 12.8 Å². The second kappa shape index (κ2) is 2.91. The molecule has 0 spiro atoms. The molecular formula is C10H7N3O2. The molecule has 2 amide bonds. The highest BCUT2D eigenvalue weighted by atomic mass is 16.5. The van der Waals surface area contributed by atoms with E-state index in [0.29, 0.717) is 17.4 Å². The van der Waals surface area contributed by atoms with E-state index in [-0.39, 0.29) is 0 Å². The second-order valence-corrected chi connectivity index (χ2v) is 3.20. The van der Waals surface area contributed by atoms with E-state index in [9.17, 15) is 4.79 Å². The van der Waals surface area contributed by atoms with Gasteiger partial charge in [-0.2, -0.15) is 9.98 Å². The van der Waals surface area contributed by atoms with Crippen LogP contribution in [0.5, 0.6) is 0 Å². The van der Waals surface area contributed by atoms with Gasteiger partial charge in [0.2, 0.25) is 0 Å². The molecule has 5 nitrogen and oxygen atoms in total. The van der Waals surface area contributed by atoms with Crippen LogP contribution in [0.15, 0.2) is 40.6 Å². The molecule has 0 aromatic heterocycles. The predicted octanol–water partition coefficient (Wildman–Crippen LogP) is 0.325. The van der Waals surface area contributed by atoms with Gasteiger partial charge in [0, 0.05) is 6.20 Å². The molecule has 2 aliphatic heterocycles. The molecular weight excluding hydrogens is 194 g/mol. The van der Waals surface area contributed by atoms with Crippen molar-refractivity contribution in [3.05, 3.63) is 41.4 Å². The van der Waals surface area contributed by atoms with Gasteiger partial charge in [0.1, 0.15) is 11.6 Å². The smallest absolute Gasteiger partial charge is 0.368 e. The first-order valence-electron chi connectivity index (χ1n) is 4.50. The molecule has 0 aliphatic carbocycles. The number of rotatable bonds is 1. The normalized spacial score (nSPS) is 17.1. The van der Waals surface area contributed by atoms with Gasteiger partial charge in [0.05, 0.1) is 11.0 Å². The lowest BCUT2D eigenvalue weighted by atomic mass is 10.2. The minimum absolute atomic E-state index is 0.443. The Morgan fingerprint density at radius 1 is 1.33 bits per heavy atom. The van der Waals surface area contributed by atoms with Crippen molar-refractivity contribution in [3.8, 4) is 0 Å². The number of para-hydroxylation sites is 1. The molecule has 1 aromatic carbocycles. The molecule has 0 radical (unpaired) electrons. The topological polar surface area (TPSA) is 54.3 Å². The van der Waals surface area contributed by atoms with Gasteiger partial charge in [-0.3, -0.25) is 0 Å². The number of urea groups is 1. The first-order chi connectivity index (χ1) is 7.34. The number of amides is 2. The third-order valence-corrected chi connectivity index (χ3v) is 2.28. The third-order valence-electron chi connectivity index (χ3n) is 2.28. The first kappa shape index (κ1) is 8.16. The molecule has 0 atom stereocenters. The number of carbonyl (C=O) groups is 1. The monoisotopic (exact) mass is 201 g/mol. The van der Waals surface area contributed by atoms with Crippen molar-refractivity contribution in [2.75, 3.05) is 11.6 Å². The summed E-state index contributed by atoms with van der Waals surface area (Å²) in [4.78, 5) is 20.6. The van der Waals surface area contributed by atoms with E-state index in [4.69, 9.17) is 4.74 Å². The number of anilines is 1. The zero-order valence-corrected chi connectivity index (χ0v) is 7.75. The Labute approximate surface area is 85.0 Å². The van der Waals surface area contributed by atoms with Gasteiger partial charge in [0.15, 0.2) is 6.73 Å². The van der Waals surface area contributed by atoms with Crippen LogP contribution in [0, 0.1) is 0 Å². The van der Waals surface area contributed by atoms with Gasteiger partial charge >= 0.3 is 6.03 Å². The lowest BCUT2D eigenvalue weighted by Gasteiger charge is -2.12. The average molecular weight is 201 g/mol. The number of hydrogen-bond donors (Lipinski definition) is 0. The summed E-state index contributed by atoms with van der Waals surface area (Å²) in [5.74, 6) is 0. The fourth-order valence-corrected chi connectivity index (χ4v) is 1.61. The third kappa shape index (κ3) is 1.20. The maximum absolute atomic E-state index is 11.1. The van der Waals surface area contributed by atoms with Crippen LogP contribution in [0.2, 0.25) is 0 Å². The summed E-state index contributed by atoms with van der Waals surface area (Å²) in [5.41, 5.74) is 0.843. The van der Waals surface area contributed by atoms with Crippen molar-refractivity contribution < 1.29 is 9.53 Å². The van der Waals surface area contributed by atoms with Gasteiger partial charge in [0.25, 0.3) is 0 Å². The average Bonchev–Trinajstić information content (AvgIpc) is 2.82. The molecule has 74 valence electrons. The standard InChI is InChI=1S/C10H7N3O2/c14-10-11-7-2-1-3-8(9(7)12-10)13-4-5-15-6-13/h1-5H,6H2. The van der Waals surface area contributed by atoms with Crippen LogP contribution in [0.4, 0.5) is 10.5 Å². The van der Waals surface area contributed by atoms with Gasteiger partial charge in [-0.1, -0.05) is 6.07 Å². The predicted molar refractivity (Wildman–Crippen MR) is 51.7 cm³/mol. The Hall–Kier alpha value is -2.17. The van der Waals surface area contributed by atoms with Gasteiger partial charge < -0.3 is 9.64 Å². The van der Waals surface area contributed by atoms with Crippen LogP contribution >= 0.6 is 0 Å². The van der Waals surface area contributed by atoms with Crippen LogP contribution in [0.3, 0.4) is 0 Å². The van der Waals surface area contributed by atoms with E-state index in [0.717, 1.165) is 5.69 Å². The first-order valence-corrected chi connectivity index (χ1v) is 4.50. The SMILES string of the molecule is O=C1N=c2cccc(N3C=COC3)c2=N1. The molecule has 15 heavy (non-hydrogen) atoms. The zero-order valence-electron chi connectivity index (χ0n) is 7.75. The van der Waals surface area contributed by atoms with Crippen LogP contribution in [0.1, 0.15) is 0 Å². The van der Waals surface area contributed by atoms with E-state index < -0.39 is 6.03 Å². The van der Waals surface area contributed by atoms with Crippen molar-refractivity contribution in [1.29, 1.82) is 0 Å². The van der Waals surface area contributed by atoms with Crippen molar-refractivity contribution in [2.45, 2.75) is 0 Å². The Morgan fingerprint density at radius 3 is 3.07 bits per heavy atom. The molecule has 0 unspecified atom stereocenters. The summed E-state index contributed by atoms with van der Waals surface area (Å²) in [6, 6.07) is 5.06. The van der Waals surface area contributed by atoms with Crippen molar-refractivity contribution in [2.24, 2.45) is 9.98 Å². The highest BCUT2D eigenvalue weighted by Gasteiger charge is 2.14. The molecule has 1 aromatic rings. The van der Waals surface area contributed by atoms with Crippen molar-refractivity contribution in [3.63, 3.8) is 0 Å². The van der Waals surface area contributed by atoms with E-state index >= 15 is 0 Å². The van der Waals surface area contributed by atoms with Gasteiger partial charge in [-0.05, 0) is 12.1 Å². The van der Waals surface area contributed by atoms with E-state index in [1.54, 1.807) is 18.5 Å². The van der Waals surface area contributed by atoms with Crippen LogP contribution in [0.25, 0.3) is 0 Å². The number of benzene rings is 1. The summed E-state index contributed by atoms with van der Waals surface area (Å²) in [7, 11) is 0. The van der Waals surface area contributed by atoms with Gasteiger partial charge in [-0.15, -0.1) is 0 Å². The van der Waals surface area contributed by atoms with Crippen LogP contribution in [-0.2, 0) is 4.74 Å². The lowest BCUT2D eigenvalue weighted by Crippen LogP contribution is -2.29. The second-order valence-electron chi connectivity index (χ2n) is 3.20. The number of fused-ring (bicyclic) bond motifs is 1. The van der Waals surface area contributed by atoms with Crippen LogP contribution < -0.4 is 15.6 Å². The summed E-state index contributed by atoms with van der Waals surface area (Å²) < 4.78 is 5.09. The van der Waals surface area contributed by atoms with E-state index in [1.165, 1.54) is 0 Å². The molecule has 2 aliphatic rings.